The zero-order chi connectivity index (χ0) is 24.1. The third-order valence-electron chi connectivity index (χ3n) is 5.53. The van der Waals surface area contributed by atoms with Gasteiger partial charge in [-0.15, -0.1) is 11.3 Å². The van der Waals surface area contributed by atoms with Gasteiger partial charge in [0, 0.05) is 18.7 Å². The van der Waals surface area contributed by atoms with E-state index in [1.165, 1.54) is 40.6 Å². The Morgan fingerprint density at radius 3 is 2.06 bits per heavy atom. The van der Waals surface area contributed by atoms with Crippen LogP contribution in [0.4, 0.5) is 5.00 Å². The number of ether oxygens (including phenoxy) is 4. The van der Waals surface area contributed by atoms with E-state index < -0.39 is 11.9 Å². The van der Waals surface area contributed by atoms with Crippen LogP contribution in [0.5, 0.6) is 17.2 Å². The van der Waals surface area contributed by atoms with Crippen molar-refractivity contribution in [3.63, 3.8) is 0 Å². The summed E-state index contributed by atoms with van der Waals surface area (Å²) in [5.41, 5.74) is 0.890. The van der Waals surface area contributed by atoms with Crippen molar-refractivity contribution in [1.29, 1.82) is 0 Å². The first-order chi connectivity index (χ1) is 15.9. The van der Waals surface area contributed by atoms with Crippen LogP contribution >= 0.6 is 11.3 Å². The Hall–Kier alpha value is -3.27. The average Bonchev–Trinajstić information content (AvgIpc) is 3.17. The SMILES string of the molecule is COC(=O)c1c(NC(=O)c2cc(OC)c(OC)c(OC)c2)sc(C(=O)N2CCCCC2)c1C. The zero-order valence-corrected chi connectivity index (χ0v) is 20.2. The highest BCUT2D eigenvalue weighted by Crippen LogP contribution is 2.39. The second kappa shape index (κ2) is 10.6. The summed E-state index contributed by atoms with van der Waals surface area (Å²) in [5.74, 6) is -0.278. The lowest BCUT2D eigenvalue weighted by atomic mass is 10.1. The number of rotatable bonds is 7. The van der Waals surface area contributed by atoms with Crippen LogP contribution < -0.4 is 19.5 Å². The maximum Gasteiger partial charge on any atom is 0.341 e. The highest BCUT2D eigenvalue weighted by Gasteiger charge is 2.29. The predicted octanol–water partition coefficient (Wildman–Crippen LogP) is 3.75. The molecule has 0 atom stereocenters. The predicted molar refractivity (Wildman–Crippen MR) is 124 cm³/mol. The van der Waals surface area contributed by atoms with Gasteiger partial charge < -0.3 is 29.2 Å². The maximum absolute atomic E-state index is 13.1. The molecule has 0 radical (unpaired) electrons. The minimum absolute atomic E-state index is 0.143. The molecule has 2 amide bonds. The van der Waals surface area contributed by atoms with Crippen LogP contribution in [-0.2, 0) is 4.74 Å². The highest BCUT2D eigenvalue weighted by atomic mass is 32.1. The molecule has 2 aromatic rings. The molecule has 1 aromatic heterocycles. The second-order valence-corrected chi connectivity index (χ2v) is 8.49. The van der Waals surface area contributed by atoms with E-state index >= 15 is 0 Å². The van der Waals surface area contributed by atoms with E-state index in [2.05, 4.69) is 5.32 Å². The molecule has 0 aliphatic carbocycles. The van der Waals surface area contributed by atoms with Gasteiger partial charge in [-0.1, -0.05) is 0 Å². The summed E-state index contributed by atoms with van der Waals surface area (Å²) in [6.07, 6.45) is 2.99. The third kappa shape index (κ3) is 4.90. The highest BCUT2D eigenvalue weighted by molar-refractivity contribution is 7.18. The molecule has 9 nitrogen and oxygen atoms in total. The molecule has 2 heterocycles. The minimum atomic E-state index is -0.623. The summed E-state index contributed by atoms with van der Waals surface area (Å²) >= 11 is 1.07. The van der Waals surface area contributed by atoms with Crippen molar-refractivity contribution < 1.29 is 33.3 Å². The Bertz CT molecular complexity index is 1030. The van der Waals surface area contributed by atoms with Gasteiger partial charge in [-0.25, -0.2) is 4.79 Å². The van der Waals surface area contributed by atoms with Crippen molar-refractivity contribution in [3.05, 3.63) is 33.7 Å². The van der Waals surface area contributed by atoms with Crippen molar-refractivity contribution in [1.82, 2.24) is 4.90 Å². The first-order valence-corrected chi connectivity index (χ1v) is 11.3. The molecule has 178 valence electrons. The summed E-state index contributed by atoms with van der Waals surface area (Å²) in [5, 5.41) is 3.01. The Balaban J connectivity index is 1.98. The number of benzene rings is 1. The van der Waals surface area contributed by atoms with E-state index in [4.69, 9.17) is 18.9 Å². The van der Waals surface area contributed by atoms with E-state index in [0.29, 0.717) is 40.8 Å². The number of methoxy groups -OCH3 is 4. The molecule has 1 N–H and O–H groups in total. The molecule has 1 aliphatic rings. The van der Waals surface area contributed by atoms with Gasteiger partial charge in [0.25, 0.3) is 11.8 Å². The van der Waals surface area contributed by atoms with Gasteiger partial charge in [-0.2, -0.15) is 0 Å². The lowest BCUT2D eigenvalue weighted by molar-refractivity contribution is 0.0601. The molecule has 1 fully saturated rings. The Morgan fingerprint density at radius 2 is 1.55 bits per heavy atom. The molecular formula is C23H28N2O7S. The lowest BCUT2D eigenvalue weighted by Crippen LogP contribution is -2.35. The van der Waals surface area contributed by atoms with Gasteiger partial charge in [-0.3, -0.25) is 9.59 Å². The normalized spacial score (nSPS) is 13.3. The molecule has 0 bridgehead atoms. The van der Waals surface area contributed by atoms with Crippen LogP contribution in [0.15, 0.2) is 12.1 Å². The number of likely N-dealkylation sites (tertiary alicyclic amines) is 1. The molecule has 1 saturated heterocycles. The number of piperidine rings is 1. The quantitative estimate of drug-likeness (QED) is 0.607. The van der Waals surface area contributed by atoms with Crippen molar-refractivity contribution in [2.24, 2.45) is 0 Å². The molecule has 3 rings (SSSR count). The van der Waals surface area contributed by atoms with Gasteiger partial charge in [0.05, 0.1) is 38.9 Å². The molecule has 1 aromatic carbocycles. The van der Waals surface area contributed by atoms with Gasteiger partial charge in [0.15, 0.2) is 11.5 Å². The lowest BCUT2D eigenvalue weighted by Gasteiger charge is -2.26. The largest absolute Gasteiger partial charge is 0.493 e. The topological polar surface area (TPSA) is 103 Å². The van der Waals surface area contributed by atoms with Crippen LogP contribution in [0, 0.1) is 6.92 Å². The average molecular weight is 477 g/mol. The Kier molecular flexibility index (Phi) is 7.80. The minimum Gasteiger partial charge on any atom is -0.493 e. The van der Waals surface area contributed by atoms with Gasteiger partial charge in [0.1, 0.15) is 5.00 Å². The summed E-state index contributed by atoms with van der Waals surface area (Å²) in [6, 6.07) is 3.02. The van der Waals surface area contributed by atoms with Gasteiger partial charge in [0.2, 0.25) is 5.75 Å². The van der Waals surface area contributed by atoms with Crippen molar-refractivity contribution in [3.8, 4) is 17.2 Å². The van der Waals surface area contributed by atoms with Crippen molar-refractivity contribution in [2.75, 3.05) is 46.8 Å². The number of nitrogens with one attached hydrogen (secondary N) is 1. The molecular weight excluding hydrogens is 448 g/mol. The first kappa shape index (κ1) is 24.4. The molecule has 0 spiro atoms. The van der Waals surface area contributed by atoms with Crippen molar-refractivity contribution >= 4 is 34.1 Å². The number of hydrogen-bond acceptors (Lipinski definition) is 8. The fourth-order valence-corrected chi connectivity index (χ4v) is 4.94. The smallest absolute Gasteiger partial charge is 0.341 e. The molecule has 0 unspecified atom stereocenters. The molecule has 33 heavy (non-hydrogen) atoms. The third-order valence-corrected chi connectivity index (χ3v) is 6.72. The Morgan fingerprint density at radius 1 is 0.939 bits per heavy atom. The first-order valence-electron chi connectivity index (χ1n) is 10.5. The second-order valence-electron chi connectivity index (χ2n) is 7.47. The summed E-state index contributed by atoms with van der Waals surface area (Å²) in [7, 11) is 5.64. The van der Waals surface area contributed by atoms with Gasteiger partial charge in [-0.05, 0) is 43.9 Å². The standard InChI is InChI=1S/C23H28N2O7S/c1-13-17(23(28)32-5)21(33-19(13)22(27)25-9-7-6-8-10-25)24-20(26)14-11-15(29-2)18(31-4)16(12-14)30-3/h11-12H,6-10H2,1-5H3,(H,24,26). The van der Waals surface area contributed by atoms with Crippen LogP contribution in [-0.4, -0.2) is 64.2 Å². The van der Waals surface area contributed by atoms with E-state index in [-0.39, 0.29) is 22.0 Å². The molecule has 0 saturated carbocycles. The fraction of sp³-hybridized carbons (Fsp3) is 0.435. The number of carbonyl (C=O) groups is 3. The zero-order valence-electron chi connectivity index (χ0n) is 19.4. The van der Waals surface area contributed by atoms with E-state index in [1.807, 2.05) is 0 Å². The summed E-state index contributed by atoms with van der Waals surface area (Å²) < 4.78 is 20.8. The number of nitrogens with zero attached hydrogens (tertiary/aromatic N) is 1. The van der Waals surface area contributed by atoms with Crippen LogP contribution in [0.25, 0.3) is 0 Å². The van der Waals surface area contributed by atoms with E-state index in [1.54, 1.807) is 11.8 Å². The Labute approximate surface area is 196 Å². The molecule has 10 heteroatoms. The number of hydrogen-bond donors (Lipinski definition) is 1. The van der Waals surface area contributed by atoms with Crippen LogP contribution in [0.3, 0.4) is 0 Å². The summed E-state index contributed by atoms with van der Waals surface area (Å²) in [6.45, 7) is 3.04. The molecule has 1 aliphatic heterocycles. The monoisotopic (exact) mass is 476 g/mol. The van der Waals surface area contributed by atoms with Crippen LogP contribution in [0.2, 0.25) is 0 Å². The van der Waals surface area contributed by atoms with Crippen molar-refractivity contribution in [2.45, 2.75) is 26.2 Å². The summed E-state index contributed by atoms with van der Waals surface area (Å²) in [4.78, 5) is 40.9. The van der Waals surface area contributed by atoms with Gasteiger partial charge >= 0.3 is 5.97 Å². The number of esters is 1. The number of thiophene rings is 1. The fourth-order valence-electron chi connectivity index (χ4n) is 3.78. The van der Waals surface area contributed by atoms with Crippen LogP contribution in [0.1, 0.15) is 55.2 Å². The van der Waals surface area contributed by atoms with E-state index in [9.17, 15) is 14.4 Å². The number of anilines is 1. The number of amides is 2. The maximum atomic E-state index is 13.1. The number of carbonyl (C=O) groups excluding carboxylic acids is 3. The van der Waals surface area contributed by atoms with E-state index in [0.717, 1.165) is 30.6 Å².